The van der Waals surface area contributed by atoms with Crippen LogP contribution < -0.4 is 9.47 Å². The Balaban J connectivity index is 1.81. The molecule has 158 valence electrons. The van der Waals surface area contributed by atoms with Gasteiger partial charge in [-0.1, -0.05) is 41.1 Å². The standard InChI is InChI=1S/C23H20N2O5S/c1-15-11-13-16(14-12-15)31(26,27)20-10-5-4-7-17(20)23-24-22(25-30-23)18-8-6-9-19(28-2)21(18)29-3/h4-14H,1-3H3. The molecule has 0 saturated carbocycles. The van der Waals surface area contributed by atoms with Gasteiger partial charge in [-0.3, -0.25) is 0 Å². The van der Waals surface area contributed by atoms with Gasteiger partial charge in [-0.05, 0) is 43.3 Å². The Morgan fingerprint density at radius 2 is 1.55 bits per heavy atom. The zero-order chi connectivity index (χ0) is 22.0. The quantitative estimate of drug-likeness (QED) is 0.437. The van der Waals surface area contributed by atoms with E-state index in [2.05, 4.69) is 10.1 Å². The van der Waals surface area contributed by atoms with Crippen LogP contribution in [0.25, 0.3) is 22.8 Å². The normalized spacial score (nSPS) is 11.3. The molecule has 0 spiro atoms. The third-order valence-corrected chi connectivity index (χ3v) is 6.64. The summed E-state index contributed by atoms with van der Waals surface area (Å²) in [5.74, 6) is 1.33. The molecular weight excluding hydrogens is 416 g/mol. The van der Waals surface area contributed by atoms with Crippen molar-refractivity contribution in [2.24, 2.45) is 0 Å². The van der Waals surface area contributed by atoms with E-state index in [-0.39, 0.29) is 21.5 Å². The van der Waals surface area contributed by atoms with Crippen molar-refractivity contribution in [2.75, 3.05) is 14.2 Å². The van der Waals surface area contributed by atoms with Crippen molar-refractivity contribution >= 4 is 9.84 Å². The zero-order valence-electron chi connectivity index (χ0n) is 17.2. The average Bonchev–Trinajstić information content (AvgIpc) is 3.28. The van der Waals surface area contributed by atoms with Crippen LogP contribution in [0.15, 0.2) is 81.0 Å². The van der Waals surface area contributed by atoms with Gasteiger partial charge in [-0.15, -0.1) is 0 Å². The fourth-order valence-corrected chi connectivity index (χ4v) is 4.68. The highest BCUT2D eigenvalue weighted by Crippen LogP contribution is 2.38. The second-order valence-electron chi connectivity index (χ2n) is 6.78. The summed E-state index contributed by atoms with van der Waals surface area (Å²) in [5.41, 5.74) is 1.86. The van der Waals surface area contributed by atoms with E-state index < -0.39 is 9.84 Å². The third kappa shape index (κ3) is 3.77. The minimum Gasteiger partial charge on any atom is -0.493 e. The van der Waals surface area contributed by atoms with Crippen LogP contribution in [-0.2, 0) is 9.84 Å². The lowest BCUT2D eigenvalue weighted by molar-refractivity contribution is 0.355. The minimum absolute atomic E-state index is 0.0890. The number of ether oxygens (including phenoxy) is 2. The number of rotatable bonds is 6. The maximum absolute atomic E-state index is 13.3. The van der Waals surface area contributed by atoms with Crippen LogP contribution in [0.2, 0.25) is 0 Å². The zero-order valence-corrected chi connectivity index (χ0v) is 18.0. The molecule has 0 aliphatic rings. The number of benzene rings is 3. The summed E-state index contributed by atoms with van der Waals surface area (Å²) in [4.78, 5) is 4.72. The van der Waals surface area contributed by atoms with Crippen LogP contribution in [0, 0.1) is 6.92 Å². The summed E-state index contributed by atoms with van der Waals surface area (Å²) in [5, 5.41) is 4.04. The first-order valence-electron chi connectivity index (χ1n) is 9.42. The van der Waals surface area contributed by atoms with Gasteiger partial charge in [0.2, 0.25) is 15.7 Å². The second kappa shape index (κ2) is 8.23. The number of para-hydroxylation sites is 1. The highest BCUT2D eigenvalue weighted by Gasteiger charge is 2.25. The van der Waals surface area contributed by atoms with Gasteiger partial charge in [0.05, 0.1) is 35.1 Å². The number of sulfone groups is 1. The fraction of sp³-hybridized carbons (Fsp3) is 0.130. The Labute approximate surface area is 180 Å². The van der Waals surface area contributed by atoms with E-state index in [1.165, 1.54) is 20.3 Å². The van der Waals surface area contributed by atoms with Gasteiger partial charge in [-0.25, -0.2) is 8.42 Å². The molecule has 1 aromatic heterocycles. The number of methoxy groups -OCH3 is 2. The Hall–Kier alpha value is -3.65. The van der Waals surface area contributed by atoms with Gasteiger partial charge >= 0.3 is 0 Å². The summed E-state index contributed by atoms with van der Waals surface area (Å²) < 4.78 is 42.8. The molecule has 0 N–H and O–H groups in total. The van der Waals surface area contributed by atoms with Gasteiger partial charge in [0.1, 0.15) is 0 Å². The fourth-order valence-electron chi connectivity index (χ4n) is 3.23. The third-order valence-electron chi connectivity index (χ3n) is 4.81. The molecule has 0 aliphatic heterocycles. The summed E-state index contributed by atoms with van der Waals surface area (Å²) in [6.45, 7) is 1.90. The molecule has 8 heteroatoms. The highest BCUT2D eigenvalue weighted by molar-refractivity contribution is 7.91. The number of aryl methyl sites for hydroxylation is 1. The molecule has 0 radical (unpaired) electrons. The summed E-state index contributed by atoms with van der Waals surface area (Å²) in [7, 11) is -0.729. The average molecular weight is 436 g/mol. The van der Waals surface area contributed by atoms with Gasteiger partial charge < -0.3 is 14.0 Å². The van der Waals surface area contributed by atoms with Crippen LogP contribution in [0.1, 0.15) is 5.56 Å². The van der Waals surface area contributed by atoms with Crippen molar-refractivity contribution in [3.05, 3.63) is 72.3 Å². The van der Waals surface area contributed by atoms with Crippen LogP contribution >= 0.6 is 0 Å². The van der Waals surface area contributed by atoms with E-state index in [1.54, 1.807) is 60.7 Å². The lowest BCUT2D eigenvalue weighted by Gasteiger charge is -2.10. The van der Waals surface area contributed by atoms with Crippen LogP contribution in [0.5, 0.6) is 11.5 Å². The van der Waals surface area contributed by atoms with E-state index in [1.807, 2.05) is 6.92 Å². The first-order chi connectivity index (χ1) is 15.0. The predicted octanol–water partition coefficient (Wildman–Crippen LogP) is 4.56. The Bertz CT molecular complexity index is 1330. The van der Waals surface area contributed by atoms with Gasteiger partial charge in [-0.2, -0.15) is 4.98 Å². The molecule has 0 aliphatic carbocycles. The monoisotopic (exact) mass is 436 g/mol. The lowest BCUT2D eigenvalue weighted by Crippen LogP contribution is -2.04. The molecule has 4 aromatic rings. The highest BCUT2D eigenvalue weighted by atomic mass is 32.2. The predicted molar refractivity (Wildman–Crippen MR) is 115 cm³/mol. The Morgan fingerprint density at radius 1 is 0.839 bits per heavy atom. The molecule has 0 bridgehead atoms. The Morgan fingerprint density at radius 3 is 2.26 bits per heavy atom. The molecular formula is C23H20N2O5S. The van der Waals surface area contributed by atoms with Crippen molar-refractivity contribution in [3.8, 4) is 34.3 Å². The number of aromatic nitrogens is 2. The maximum Gasteiger partial charge on any atom is 0.259 e. The van der Waals surface area contributed by atoms with Crippen molar-refractivity contribution < 1.29 is 22.4 Å². The van der Waals surface area contributed by atoms with Crippen LogP contribution in [0.3, 0.4) is 0 Å². The molecule has 31 heavy (non-hydrogen) atoms. The van der Waals surface area contributed by atoms with Crippen LogP contribution in [-0.4, -0.2) is 32.8 Å². The molecule has 0 fully saturated rings. The van der Waals surface area contributed by atoms with Gasteiger partial charge in [0.15, 0.2) is 11.5 Å². The molecule has 4 rings (SSSR count). The van der Waals surface area contributed by atoms with Gasteiger partial charge in [0, 0.05) is 0 Å². The van der Waals surface area contributed by atoms with Gasteiger partial charge in [0.25, 0.3) is 5.89 Å². The van der Waals surface area contributed by atoms with Crippen LogP contribution in [0.4, 0.5) is 0 Å². The number of hydrogen-bond donors (Lipinski definition) is 0. The summed E-state index contributed by atoms with van der Waals surface area (Å²) in [6.07, 6.45) is 0. The molecule has 3 aromatic carbocycles. The SMILES string of the molecule is COc1cccc(-c2noc(-c3ccccc3S(=O)(=O)c3ccc(C)cc3)n2)c1OC. The van der Waals surface area contributed by atoms with Crippen molar-refractivity contribution in [3.63, 3.8) is 0 Å². The summed E-state index contributed by atoms with van der Waals surface area (Å²) >= 11 is 0. The topological polar surface area (TPSA) is 91.5 Å². The maximum atomic E-state index is 13.3. The summed E-state index contributed by atoms with van der Waals surface area (Å²) in [6, 6.07) is 18.5. The number of nitrogens with zero attached hydrogens (tertiary/aromatic N) is 2. The van der Waals surface area contributed by atoms with E-state index in [0.717, 1.165) is 5.56 Å². The van der Waals surface area contributed by atoms with Crippen molar-refractivity contribution in [1.29, 1.82) is 0 Å². The number of hydrogen-bond acceptors (Lipinski definition) is 7. The first kappa shape index (κ1) is 20.6. The van der Waals surface area contributed by atoms with E-state index >= 15 is 0 Å². The molecule has 0 atom stereocenters. The van der Waals surface area contributed by atoms with E-state index in [4.69, 9.17) is 14.0 Å². The second-order valence-corrected chi connectivity index (χ2v) is 8.69. The van der Waals surface area contributed by atoms with Crippen molar-refractivity contribution in [2.45, 2.75) is 16.7 Å². The largest absolute Gasteiger partial charge is 0.493 e. The lowest BCUT2D eigenvalue weighted by atomic mass is 10.1. The molecule has 0 unspecified atom stereocenters. The smallest absolute Gasteiger partial charge is 0.259 e. The van der Waals surface area contributed by atoms with E-state index in [9.17, 15) is 8.42 Å². The molecule has 0 amide bonds. The van der Waals surface area contributed by atoms with E-state index in [0.29, 0.717) is 22.6 Å². The molecule has 7 nitrogen and oxygen atoms in total. The Kier molecular flexibility index (Phi) is 5.48. The molecule has 1 heterocycles. The minimum atomic E-state index is -3.79. The van der Waals surface area contributed by atoms with Crippen molar-refractivity contribution in [1.82, 2.24) is 10.1 Å². The first-order valence-corrected chi connectivity index (χ1v) is 10.9. The molecule has 0 saturated heterocycles.